The highest BCUT2D eigenvalue weighted by Gasteiger charge is 2.21. The molecule has 0 saturated carbocycles. The lowest BCUT2D eigenvalue weighted by molar-refractivity contribution is 0.104. The quantitative estimate of drug-likeness (QED) is 0.480. The van der Waals surface area contributed by atoms with Gasteiger partial charge >= 0.3 is 0 Å². The third kappa shape index (κ3) is 4.92. The molecule has 1 fully saturated rings. The number of hydrogen-bond acceptors (Lipinski definition) is 5. The number of rotatable bonds is 7. The number of carbonyl (C=O) groups excluding carboxylic acids is 1. The maximum Gasteiger partial charge on any atom is 0.231 e. The molecule has 0 spiro atoms. The van der Waals surface area contributed by atoms with E-state index in [0.29, 0.717) is 34.4 Å². The Labute approximate surface area is 175 Å². The number of carbonyl (C=O) groups is 1. The summed E-state index contributed by atoms with van der Waals surface area (Å²) in [4.78, 5) is 15.3. The fourth-order valence-electron chi connectivity index (χ4n) is 3.57. The maximum absolute atomic E-state index is 12.9. The van der Waals surface area contributed by atoms with Gasteiger partial charge in [-0.1, -0.05) is 36.2 Å². The summed E-state index contributed by atoms with van der Waals surface area (Å²) in [5, 5.41) is 0.597. The van der Waals surface area contributed by atoms with Crippen molar-refractivity contribution in [3.63, 3.8) is 0 Å². The van der Waals surface area contributed by atoms with Gasteiger partial charge in [-0.05, 0) is 55.8 Å². The van der Waals surface area contributed by atoms with Gasteiger partial charge in [0.05, 0.1) is 5.56 Å². The molecule has 0 amide bonds. The van der Waals surface area contributed by atoms with Gasteiger partial charge in [-0.15, -0.1) is 0 Å². The molecule has 2 aromatic carbocycles. The number of allylic oxidation sites excluding steroid dienone is 1. The maximum atomic E-state index is 12.9. The van der Waals surface area contributed by atoms with Crippen LogP contribution in [-0.2, 0) is 0 Å². The smallest absolute Gasteiger partial charge is 0.231 e. The minimum atomic E-state index is -0.170. The summed E-state index contributed by atoms with van der Waals surface area (Å²) >= 11 is 6.18. The molecule has 29 heavy (non-hydrogen) atoms. The number of nitrogens with zero attached hydrogens (tertiary/aromatic N) is 1. The monoisotopic (exact) mass is 413 g/mol. The molecule has 2 aliphatic heterocycles. The SMILES string of the molecule is O=C(C=Cc1ccccc1Cl)c1cc2c(cc1OCCN1CCCCC1)OCO2. The molecule has 0 radical (unpaired) electrons. The largest absolute Gasteiger partial charge is 0.491 e. The Morgan fingerprint density at radius 3 is 2.66 bits per heavy atom. The number of likely N-dealkylation sites (tertiary alicyclic amines) is 1. The third-order valence-electron chi connectivity index (χ3n) is 5.17. The van der Waals surface area contributed by atoms with Crippen LogP contribution >= 0.6 is 11.6 Å². The fraction of sp³-hybridized carbons (Fsp3) is 0.348. The predicted octanol–water partition coefficient (Wildman–Crippen LogP) is 4.83. The number of ketones is 1. The number of fused-ring (bicyclic) bond motifs is 1. The Bertz CT molecular complexity index is 906. The van der Waals surface area contributed by atoms with Gasteiger partial charge in [0.25, 0.3) is 0 Å². The molecule has 0 bridgehead atoms. The number of piperidine rings is 1. The molecule has 0 N–H and O–H groups in total. The van der Waals surface area contributed by atoms with Crippen molar-refractivity contribution in [1.29, 1.82) is 0 Å². The molecular formula is C23H24ClNO4. The highest BCUT2D eigenvalue weighted by atomic mass is 35.5. The first kappa shape index (κ1) is 19.8. The van der Waals surface area contributed by atoms with Crippen molar-refractivity contribution < 1.29 is 19.0 Å². The second kappa shape index (κ2) is 9.33. The van der Waals surface area contributed by atoms with E-state index in [4.69, 9.17) is 25.8 Å². The van der Waals surface area contributed by atoms with Crippen LogP contribution in [0.5, 0.6) is 17.2 Å². The lowest BCUT2D eigenvalue weighted by Crippen LogP contribution is -2.33. The second-order valence-electron chi connectivity index (χ2n) is 7.17. The lowest BCUT2D eigenvalue weighted by Gasteiger charge is -2.26. The third-order valence-corrected chi connectivity index (χ3v) is 5.52. The van der Waals surface area contributed by atoms with E-state index in [1.807, 2.05) is 18.2 Å². The molecule has 152 valence electrons. The molecule has 0 aliphatic carbocycles. The molecule has 4 rings (SSSR count). The Kier molecular flexibility index (Phi) is 6.37. The van der Waals surface area contributed by atoms with Gasteiger partial charge < -0.3 is 14.2 Å². The Morgan fingerprint density at radius 1 is 1.10 bits per heavy atom. The van der Waals surface area contributed by atoms with Gasteiger partial charge in [0.2, 0.25) is 6.79 Å². The zero-order valence-electron chi connectivity index (χ0n) is 16.2. The Balaban J connectivity index is 1.50. The number of halogens is 1. The Morgan fingerprint density at radius 2 is 1.86 bits per heavy atom. The number of ether oxygens (including phenoxy) is 3. The lowest BCUT2D eigenvalue weighted by atomic mass is 10.1. The highest BCUT2D eigenvalue weighted by molar-refractivity contribution is 6.32. The van der Waals surface area contributed by atoms with Crippen LogP contribution < -0.4 is 14.2 Å². The minimum absolute atomic E-state index is 0.148. The molecule has 1 saturated heterocycles. The molecule has 0 unspecified atom stereocenters. The summed E-state index contributed by atoms with van der Waals surface area (Å²) < 4.78 is 16.9. The van der Waals surface area contributed by atoms with Crippen LogP contribution in [0.2, 0.25) is 5.02 Å². The summed E-state index contributed by atoms with van der Waals surface area (Å²) in [5.74, 6) is 1.50. The van der Waals surface area contributed by atoms with Crippen molar-refractivity contribution in [2.24, 2.45) is 0 Å². The van der Waals surface area contributed by atoms with Crippen molar-refractivity contribution >= 4 is 23.5 Å². The molecular weight excluding hydrogens is 390 g/mol. The van der Waals surface area contributed by atoms with Crippen LogP contribution in [0.25, 0.3) is 6.08 Å². The van der Waals surface area contributed by atoms with Crippen LogP contribution in [0.1, 0.15) is 35.2 Å². The van der Waals surface area contributed by atoms with E-state index in [2.05, 4.69) is 4.90 Å². The molecule has 0 aromatic heterocycles. The van der Waals surface area contributed by atoms with E-state index < -0.39 is 0 Å². The predicted molar refractivity (Wildman–Crippen MR) is 113 cm³/mol. The topological polar surface area (TPSA) is 48.0 Å². The van der Waals surface area contributed by atoms with Crippen LogP contribution in [-0.4, -0.2) is 43.7 Å². The summed E-state index contributed by atoms with van der Waals surface area (Å²) in [7, 11) is 0. The van der Waals surface area contributed by atoms with E-state index in [0.717, 1.165) is 25.2 Å². The first-order valence-electron chi connectivity index (χ1n) is 9.96. The average molecular weight is 414 g/mol. The molecule has 0 atom stereocenters. The van der Waals surface area contributed by atoms with Crippen LogP contribution in [0.3, 0.4) is 0 Å². The van der Waals surface area contributed by atoms with Gasteiger partial charge in [-0.25, -0.2) is 0 Å². The van der Waals surface area contributed by atoms with Gasteiger partial charge in [-0.2, -0.15) is 0 Å². The molecule has 2 aliphatic rings. The van der Waals surface area contributed by atoms with Crippen molar-refractivity contribution in [3.8, 4) is 17.2 Å². The van der Waals surface area contributed by atoms with Gasteiger partial charge in [0.15, 0.2) is 17.3 Å². The minimum Gasteiger partial charge on any atom is -0.491 e. The zero-order chi connectivity index (χ0) is 20.1. The number of benzene rings is 2. The number of hydrogen-bond donors (Lipinski definition) is 0. The summed E-state index contributed by atoms with van der Waals surface area (Å²) in [5.41, 5.74) is 1.24. The van der Waals surface area contributed by atoms with Gasteiger partial charge in [-0.3, -0.25) is 9.69 Å². The van der Waals surface area contributed by atoms with Crippen LogP contribution in [0.4, 0.5) is 0 Å². The molecule has 6 heteroatoms. The van der Waals surface area contributed by atoms with Crippen molar-refractivity contribution in [2.45, 2.75) is 19.3 Å². The van der Waals surface area contributed by atoms with E-state index in [1.165, 1.54) is 25.3 Å². The summed E-state index contributed by atoms with van der Waals surface area (Å²) in [6, 6.07) is 10.8. The Hall–Kier alpha value is -2.50. The first-order valence-corrected chi connectivity index (χ1v) is 10.3. The van der Waals surface area contributed by atoms with Crippen LogP contribution in [0.15, 0.2) is 42.5 Å². The fourth-order valence-corrected chi connectivity index (χ4v) is 3.77. The first-order chi connectivity index (χ1) is 14.2. The van der Waals surface area contributed by atoms with E-state index in [1.54, 1.807) is 24.3 Å². The molecule has 5 nitrogen and oxygen atoms in total. The van der Waals surface area contributed by atoms with E-state index >= 15 is 0 Å². The van der Waals surface area contributed by atoms with E-state index in [-0.39, 0.29) is 12.6 Å². The summed E-state index contributed by atoms with van der Waals surface area (Å²) in [6.07, 6.45) is 7.00. The summed E-state index contributed by atoms with van der Waals surface area (Å²) in [6.45, 7) is 3.73. The van der Waals surface area contributed by atoms with Gasteiger partial charge in [0, 0.05) is 17.6 Å². The second-order valence-corrected chi connectivity index (χ2v) is 7.58. The van der Waals surface area contributed by atoms with Crippen molar-refractivity contribution in [2.75, 3.05) is 33.0 Å². The molecule has 2 aromatic rings. The van der Waals surface area contributed by atoms with E-state index in [9.17, 15) is 4.79 Å². The standard InChI is InChI=1S/C23H24ClNO4/c24-19-7-3-2-6-17(19)8-9-20(26)18-14-22-23(29-16-28-22)15-21(18)27-13-12-25-10-4-1-5-11-25/h2-3,6-9,14-15H,1,4-5,10-13,16H2. The highest BCUT2D eigenvalue weighted by Crippen LogP contribution is 2.38. The zero-order valence-corrected chi connectivity index (χ0v) is 17.0. The van der Waals surface area contributed by atoms with Crippen molar-refractivity contribution in [1.82, 2.24) is 4.90 Å². The van der Waals surface area contributed by atoms with Crippen molar-refractivity contribution in [3.05, 3.63) is 58.6 Å². The van der Waals surface area contributed by atoms with Gasteiger partial charge in [0.1, 0.15) is 12.4 Å². The molecule has 2 heterocycles. The normalized spacial score (nSPS) is 16.3. The average Bonchev–Trinajstić information content (AvgIpc) is 3.20. The van der Waals surface area contributed by atoms with Crippen LogP contribution in [0, 0.1) is 0 Å².